The van der Waals surface area contributed by atoms with Crippen LogP contribution >= 0.6 is 0 Å². The molecule has 0 N–H and O–H groups in total. The van der Waals surface area contributed by atoms with E-state index in [9.17, 15) is 0 Å². The molecule has 0 nitrogen and oxygen atoms in total. The van der Waals surface area contributed by atoms with Crippen molar-refractivity contribution in [2.75, 3.05) is 0 Å². The normalized spacial score (nSPS) is 19.7. The number of rotatable bonds is 10. The van der Waals surface area contributed by atoms with Crippen molar-refractivity contribution >= 4 is 18.4 Å². The van der Waals surface area contributed by atoms with Gasteiger partial charge in [0.25, 0.3) is 0 Å². The van der Waals surface area contributed by atoms with Gasteiger partial charge in [-0.2, -0.15) is 0 Å². The molecule has 0 saturated heterocycles. The molecule has 1 unspecified atom stereocenters. The standard InChI is InChI=1S/C4H5.3C4H9.Sn/c1-4-2-3-4;3*1-3-4-2;/h2H,1,3H2;3*1,3-4H2,2H3;. The van der Waals surface area contributed by atoms with Gasteiger partial charge >= 0.3 is 113 Å². The number of allylic oxidation sites excluding steroid dienone is 1. The molecule has 1 saturated carbocycles. The van der Waals surface area contributed by atoms with Crippen LogP contribution in [0.15, 0.2) is 12.2 Å². The number of unbranched alkanes of at least 4 members (excludes halogenated alkanes) is 3. The van der Waals surface area contributed by atoms with Gasteiger partial charge < -0.3 is 0 Å². The van der Waals surface area contributed by atoms with Gasteiger partial charge in [-0.25, -0.2) is 0 Å². The summed E-state index contributed by atoms with van der Waals surface area (Å²) in [6, 6.07) is 0. The zero-order valence-corrected chi connectivity index (χ0v) is 15.2. The fraction of sp³-hybridized carbons (Fsp3) is 0.875. The molecule has 0 heterocycles. The van der Waals surface area contributed by atoms with Gasteiger partial charge in [0.05, 0.1) is 0 Å². The van der Waals surface area contributed by atoms with Crippen LogP contribution in [0.25, 0.3) is 0 Å². The Bertz CT molecular complexity index is 210. The molecule has 0 bridgehead atoms. The summed E-state index contributed by atoms with van der Waals surface area (Å²) in [5.41, 5.74) is 1.64. The van der Waals surface area contributed by atoms with Crippen LogP contribution in [-0.2, 0) is 0 Å². The van der Waals surface area contributed by atoms with Crippen molar-refractivity contribution in [3.63, 3.8) is 0 Å². The van der Waals surface area contributed by atoms with Crippen LogP contribution < -0.4 is 0 Å². The first kappa shape index (κ1) is 15.6. The molecule has 0 aliphatic heterocycles. The molecule has 0 aromatic carbocycles. The molecule has 1 aliphatic carbocycles. The first-order valence-electron chi connectivity index (χ1n) is 7.87. The van der Waals surface area contributed by atoms with Gasteiger partial charge in [-0.3, -0.25) is 0 Å². The van der Waals surface area contributed by atoms with Crippen molar-refractivity contribution in [2.24, 2.45) is 0 Å². The third kappa shape index (κ3) is 4.61. The average Bonchev–Trinajstić information content (AvgIpc) is 3.07. The SMILES string of the molecule is C=C1C[CH]1[Sn]([CH2]CCC)([CH2]CCC)[CH2]CCC. The second-order valence-corrected chi connectivity index (χ2v) is 20.1. The van der Waals surface area contributed by atoms with Crippen molar-refractivity contribution < 1.29 is 0 Å². The molecule has 1 fully saturated rings. The summed E-state index contributed by atoms with van der Waals surface area (Å²) in [4.78, 5) is 0. The fourth-order valence-corrected chi connectivity index (χ4v) is 22.0. The first-order chi connectivity index (χ1) is 8.20. The van der Waals surface area contributed by atoms with Gasteiger partial charge in [-0.15, -0.1) is 0 Å². The molecule has 0 amide bonds. The molecular formula is C16H32Sn. The molecular weight excluding hydrogens is 311 g/mol. The van der Waals surface area contributed by atoms with E-state index in [0.717, 1.165) is 3.93 Å². The topological polar surface area (TPSA) is 0 Å². The Balaban J connectivity index is 2.64. The van der Waals surface area contributed by atoms with Crippen molar-refractivity contribution in [1.82, 2.24) is 0 Å². The van der Waals surface area contributed by atoms with E-state index >= 15 is 0 Å². The third-order valence-corrected chi connectivity index (χ3v) is 22.1. The summed E-state index contributed by atoms with van der Waals surface area (Å²) >= 11 is -1.82. The van der Waals surface area contributed by atoms with E-state index in [1.807, 2.05) is 0 Å². The van der Waals surface area contributed by atoms with Crippen LogP contribution in [0.4, 0.5) is 0 Å². The van der Waals surface area contributed by atoms with Crippen molar-refractivity contribution in [1.29, 1.82) is 0 Å². The third-order valence-electron chi connectivity index (χ3n) is 4.62. The minimum absolute atomic E-state index is 1.09. The molecule has 0 radical (unpaired) electrons. The second kappa shape index (κ2) is 7.86. The maximum atomic E-state index is 4.29. The van der Waals surface area contributed by atoms with E-state index in [1.54, 1.807) is 18.9 Å². The van der Waals surface area contributed by atoms with Crippen LogP contribution in [0.1, 0.15) is 65.7 Å². The first-order valence-corrected chi connectivity index (χ1v) is 15.6. The van der Waals surface area contributed by atoms with E-state index in [1.165, 1.54) is 44.9 Å². The molecule has 1 heteroatoms. The minimum atomic E-state index is -1.82. The van der Waals surface area contributed by atoms with E-state index in [2.05, 4.69) is 27.4 Å². The Hall–Kier alpha value is 0.539. The maximum absolute atomic E-state index is 4.29. The fourth-order valence-electron chi connectivity index (χ4n) is 3.34. The van der Waals surface area contributed by atoms with Crippen LogP contribution in [0.5, 0.6) is 0 Å². The predicted octanol–water partition coefficient (Wildman–Crippen LogP) is 6.17. The summed E-state index contributed by atoms with van der Waals surface area (Å²) < 4.78 is 6.08. The van der Waals surface area contributed by atoms with Crippen LogP contribution in [0, 0.1) is 0 Å². The quantitative estimate of drug-likeness (QED) is 0.329. The van der Waals surface area contributed by atoms with Crippen LogP contribution in [0.3, 0.4) is 0 Å². The molecule has 0 aromatic rings. The Kier molecular flexibility index (Phi) is 7.21. The summed E-state index contributed by atoms with van der Waals surface area (Å²) in [7, 11) is 0. The molecule has 0 aromatic heterocycles. The van der Waals surface area contributed by atoms with Crippen LogP contribution in [-0.4, -0.2) is 18.4 Å². The monoisotopic (exact) mass is 344 g/mol. The van der Waals surface area contributed by atoms with Gasteiger partial charge in [0, 0.05) is 0 Å². The van der Waals surface area contributed by atoms with Crippen molar-refractivity contribution in [3.8, 4) is 0 Å². The Labute approximate surface area is 113 Å². The van der Waals surface area contributed by atoms with Gasteiger partial charge in [-0.1, -0.05) is 0 Å². The van der Waals surface area contributed by atoms with Gasteiger partial charge in [0.2, 0.25) is 0 Å². The molecule has 1 aliphatic rings. The number of hydrogen-bond acceptors (Lipinski definition) is 0. The summed E-state index contributed by atoms with van der Waals surface area (Å²) in [6.07, 6.45) is 10.1. The average molecular weight is 343 g/mol. The van der Waals surface area contributed by atoms with Crippen LogP contribution in [0.2, 0.25) is 17.2 Å². The zero-order chi connectivity index (χ0) is 12.7. The van der Waals surface area contributed by atoms with E-state index in [-0.39, 0.29) is 0 Å². The van der Waals surface area contributed by atoms with Gasteiger partial charge in [-0.05, 0) is 0 Å². The predicted molar refractivity (Wildman–Crippen MR) is 82.4 cm³/mol. The summed E-state index contributed by atoms with van der Waals surface area (Å²) in [5, 5.41) is 0. The van der Waals surface area contributed by atoms with E-state index in [0.29, 0.717) is 0 Å². The molecule has 1 atom stereocenters. The zero-order valence-electron chi connectivity index (χ0n) is 12.4. The Morgan fingerprint density at radius 1 is 0.941 bits per heavy atom. The van der Waals surface area contributed by atoms with E-state index in [4.69, 9.17) is 0 Å². The van der Waals surface area contributed by atoms with Crippen molar-refractivity contribution in [3.05, 3.63) is 12.2 Å². The van der Waals surface area contributed by atoms with Gasteiger partial charge in [0.15, 0.2) is 0 Å². The molecule has 0 spiro atoms. The molecule has 1 rings (SSSR count). The van der Waals surface area contributed by atoms with Gasteiger partial charge in [0.1, 0.15) is 0 Å². The van der Waals surface area contributed by atoms with Crippen molar-refractivity contribution in [2.45, 2.75) is 83.0 Å². The Morgan fingerprint density at radius 3 is 1.53 bits per heavy atom. The van der Waals surface area contributed by atoms with E-state index < -0.39 is 18.4 Å². The molecule has 100 valence electrons. The summed E-state index contributed by atoms with van der Waals surface area (Å²) in [5.74, 6) is 0. The summed E-state index contributed by atoms with van der Waals surface area (Å²) in [6.45, 7) is 11.4. The Morgan fingerprint density at radius 2 is 1.29 bits per heavy atom. The molecule has 17 heavy (non-hydrogen) atoms. The second-order valence-electron chi connectivity index (χ2n) is 6.09. The number of hydrogen-bond donors (Lipinski definition) is 0.